The quantitative estimate of drug-likeness (QED) is 0.272. The van der Waals surface area contributed by atoms with E-state index in [2.05, 4.69) is 29.4 Å². The molecule has 0 amide bonds. The predicted octanol–water partition coefficient (Wildman–Crippen LogP) is 4.66. The number of hydrogen-bond acceptors (Lipinski definition) is 4. The van der Waals surface area contributed by atoms with E-state index < -0.39 is 4.92 Å². The Kier molecular flexibility index (Phi) is 5.49. The van der Waals surface area contributed by atoms with E-state index in [1.54, 1.807) is 12.1 Å². The van der Waals surface area contributed by atoms with Gasteiger partial charge in [-0.25, -0.2) is 0 Å². The van der Waals surface area contributed by atoms with Crippen LogP contribution in [-0.4, -0.2) is 20.5 Å². The Morgan fingerprint density at radius 1 is 1.14 bits per heavy atom. The smallest absolute Gasteiger partial charge is 0.270 e. The largest absolute Gasteiger partial charge is 0.289 e. The van der Waals surface area contributed by atoms with Crippen LogP contribution in [0.5, 0.6) is 0 Å². The predicted molar refractivity (Wildman–Crippen MR) is 108 cm³/mol. The van der Waals surface area contributed by atoms with Crippen LogP contribution < -0.4 is 0 Å². The van der Waals surface area contributed by atoms with Gasteiger partial charge in [0, 0.05) is 29.0 Å². The molecule has 0 aliphatic rings. The van der Waals surface area contributed by atoms with Crippen LogP contribution in [0.15, 0.2) is 54.6 Å². The fourth-order valence-electron chi connectivity index (χ4n) is 3.00. The molecule has 0 aliphatic carbocycles. The van der Waals surface area contributed by atoms with E-state index in [4.69, 9.17) is 0 Å². The number of carbonyl (C=O) groups is 1. The minimum absolute atomic E-state index is 0.0995. The second-order valence-corrected chi connectivity index (χ2v) is 6.73. The number of carbonyl (C=O) groups excluding carboxylic acids is 1. The van der Waals surface area contributed by atoms with Gasteiger partial charge in [0.25, 0.3) is 5.69 Å². The van der Waals surface area contributed by atoms with Crippen molar-refractivity contribution >= 4 is 17.5 Å². The molecule has 0 spiro atoms. The summed E-state index contributed by atoms with van der Waals surface area (Å²) in [5, 5.41) is 15.5. The molecular formula is C22H21N3O3. The number of nitro benzene ring substituents is 1. The summed E-state index contributed by atoms with van der Waals surface area (Å²) in [7, 11) is 0. The molecule has 3 rings (SSSR count). The van der Waals surface area contributed by atoms with Gasteiger partial charge in [-0.2, -0.15) is 5.10 Å². The first kappa shape index (κ1) is 19.2. The van der Waals surface area contributed by atoms with Crippen LogP contribution >= 0.6 is 0 Å². The summed E-state index contributed by atoms with van der Waals surface area (Å²) >= 11 is 0. The minimum atomic E-state index is -0.510. The molecule has 6 heteroatoms. The zero-order chi connectivity index (χ0) is 20.3. The molecule has 28 heavy (non-hydrogen) atoms. The van der Waals surface area contributed by atoms with Crippen molar-refractivity contribution in [1.29, 1.82) is 0 Å². The average Bonchev–Trinajstić information content (AvgIpc) is 2.94. The SMILES string of the molecule is Cc1ccc(Cn2nc(C)c(/C=C/C(=O)c3cccc([N+](=O)[O-])c3)c2C)cc1. The van der Waals surface area contributed by atoms with Gasteiger partial charge >= 0.3 is 0 Å². The second-order valence-electron chi connectivity index (χ2n) is 6.73. The van der Waals surface area contributed by atoms with Crippen LogP contribution in [0.3, 0.4) is 0 Å². The van der Waals surface area contributed by atoms with Crippen molar-refractivity contribution in [2.24, 2.45) is 0 Å². The molecule has 2 aromatic carbocycles. The van der Waals surface area contributed by atoms with E-state index in [1.165, 1.54) is 29.8 Å². The summed E-state index contributed by atoms with van der Waals surface area (Å²) < 4.78 is 1.91. The lowest BCUT2D eigenvalue weighted by molar-refractivity contribution is -0.384. The highest BCUT2D eigenvalue weighted by Crippen LogP contribution is 2.18. The Bertz CT molecular complexity index is 1060. The maximum absolute atomic E-state index is 12.4. The molecule has 1 heterocycles. The fraction of sp³-hybridized carbons (Fsp3) is 0.182. The monoisotopic (exact) mass is 375 g/mol. The number of non-ortho nitro benzene ring substituents is 1. The first-order valence-electron chi connectivity index (χ1n) is 8.91. The zero-order valence-electron chi connectivity index (χ0n) is 16.0. The van der Waals surface area contributed by atoms with E-state index in [-0.39, 0.29) is 17.0 Å². The first-order valence-corrected chi connectivity index (χ1v) is 8.91. The highest BCUT2D eigenvalue weighted by Gasteiger charge is 2.12. The molecule has 0 bridgehead atoms. The van der Waals surface area contributed by atoms with Gasteiger partial charge in [0.15, 0.2) is 5.78 Å². The second kappa shape index (κ2) is 8.00. The van der Waals surface area contributed by atoms with Crippen molar-refractivity contribution in [2.75, 3.05) is 0 Å². The molecule has 0 unspecified atom stereocenters. The van der Waals surface area contributed by atoms with Crippen molar-refractivity contribution < 1.29 is 9.72 Å². The Labute approximate surface area is 163 Å². The number of hydrogen-bond donors (Lipinski definition) is 0. The standard InChI is InChI=1S/C22H21N3O3/c1-15-7-9-18(10-8-15)14-24-17(3)21(16(2)23-24)11-12-22(26)19-5-4-6-20(13-19)25(27)28/h4-13H,14H2,1-3H3/b12-11+. The molecule has 142 valence electrons. The maximum atomic E-state index is 12.4. The Morgan fingerprint density at radius 2 is 1.86 bits per heavy atom. The molecule has 0 aliphatic heterocycles. The normalized spacial score (nSPS) is 11.1. The van der Waals surface area contributed by atoms with Gasteiger partial charge in [0.05, 0.1) is 17.2 Å². The van der Waals surface area contributed by atoms with E-state index in [1.807, 2.05) is 25.5 Å². The molecule has 6 nitrogen and oxygen atoms in total. The van der Waals surface area contributed by atoms with Crippen LogP contribution in [0.2, 0.25) is 0 Å². The number of nitrogens with zero attached hydrogens (tertiary/aromatic N) is 3. The van der Waals surface area contributed by atoms with Crippen molar-refractivity contribution in [1.82, 2.24) is 9.78 Å². The highest BCUT2D eigenvalue weighted by molar-refractivity contribution is 6.07. The molecule has 0 saturated heterocycles. The third kappa shape index (κ3) is 4.23. The summed E-state index contributed by atoms with van der Waals surface area (Å²) in [4.78, 5) is 22.8. The van der Waals surface area contributed by atoms with Gasteiger partial charge in [0.2, 0.25) is 0 Å². The number of aryl methyl sites for hydroxylation is 2. The number of aromatic nitrogens is 2. The first-order chi connectivity index (χ1) is 13.3. The summed E-state index contributed by atoms with van der Waals surface area (Å²) in [6.45, 7) is 6.57. The van der Waals surface area contributed by atoms with Crippen molar-refractivity contribution in [2.45, 2.75) is 27.3 Å². The number of nitro groups is 1. The third-order valence-electron chi connectivity index (χ3n) is 4.63. The van der Waals surface area contributed by atoms with Crippen LogP contribution in [-0.2, 0) is 6.54 Å². The summed E-state index contributed by atoms with van der Waals surface area (Å²) in [6.07, 6.45) is 3.16. The summed E-state index contributed by atoms with van der Waals surface area (Å²) in [5.41, 5.74) is 5.21. The average molecular weight is 375 g/mol. The van der Waals surface area contributed by atoms with Gasteiger partial charge in [-0.05, 0) is 38.5 Å². The molecule has 0 N–H and O–H groups in total. The van der Waals surface area contributed by atoms with E-state index >= 15 is 0 Å². The van der Waals surface area contributed by atoms with Crippen molar-refractivity contribution in [3.05, 3.63) is 98.4 Å². The van der Waals surface area contributed by atoms with E-state index in [9.17, 15) is 14.9 Å². The third-order valence-corrected chi connectivity index (χ3v) is 4.63. The molecule has 0 radical (unpaired) electrons. The van der Waals surface area contributed by atoms with Crippen molar-refractivity contribution in [3.63, 3.8) is 0 Å². The van der Waals surface area contributed by atoms with Gasteiger partial charge in [-0.1, -0.05) is 42.0 Å². The van der Waals surface area contributed by atoms with Crippen LogP contribution in [0.25, 0.3) is 6.08 Å². The van der Waals surface area contributed by atoms with E-state index in [0.29, 0.717) is 6.54 Å². The number of ketones is 1. The zero-order valence-corrected chi connectivity index (χ0v) is 16.0. The lowest BCUT2D eigenvalue weighted by Gasteiger charge is -2.05. The Balaban J connectivity index is 1.81. The van der Waals surface area contributed by atoms with Crippen LogP contribution in [0.1, 0.15) is 38.4 Å². The van der Waals surface area contributed by atoms with Gasteiger partial charge in [0.1, 0.15) is 0 Å². The maximum Gasteiger partial charge on any atom is 0.270 e. The lowest BCUT2D eigenvalue weighted by atomic mass is 10.1. The topological polar surface area (TPSA) is 78.0 Å². The number of benzene rings is 2. The molecule has 3 aromatic rings. The Hall–Kier alpha value is -3.54. The number of rotatable bonds is 6. The Morgan fingerprint density at radius 3 is 2.54 bits per heavy atom. The summed E-state index contributed by atoms with van der Waals surface area (Å²) in [6, 6.07) is 14.0. The van der Waals surface area contributed by atoms with Gasteiger partial charge in [-0.3, -0.25) is 19.6 Å². The number of allylic oxidation sites excluding steroid dienone is 1. The van der Waals surface area contributed by atoms with Gasteiger partial charge in [-0.15, -0.1) is 0 Å². The molecule has 1 aromatic heterocycles. The van der Waals surface area contributed by atoms with Gasteiger partial charge < -0.3 is 0 Å². The van der Waals surface area contributed by atoms with Crippen LogP contribution in [0, 0.1) is 30.9 Å². The molecule has 0 saturated carbocycles. The van der Waals surface area contributed by atoms with Crippen molar-refractivity contribution in [3.8, 4) is 0 Å². The lowest BCUT2D eigenvalue weighted by Crippen LogP contribution is -2.04. The fourth-order valence-corrected chi connectivity index (χ4v) is 3.00. The van der Waals surface area contributed by atoms with Crippen LogP contribution in [0.4, 0.5) is 5.69 Å². The minimum Gasteiger partial charge on any atom is -0.289 e. The molecule has 0 atom stereocenters. The van der Waals surface area contributed by atoms with E-state index in [0.717, 1.165) is 22.5 Å². The molecular weight excluding hydrogens is 354 g/mol. The molecule has 0 fully saturated rings. The summed E-state index contributed by atoms with van der Waals surface area (Å²) in [5.74, 6) is -0.284. The highest BCUT2D eigenvalue weighted by atomic mass is 16.6.